The van der Waals surface area contributed by atoms with Gasteiger partial charge in [0.15, 0.2) is 0 Å². The molecule has 95 heavy (non-hydrogen) atoms. The van der Waals surface area contributed by atoms with Gasteiger partial charge < -0.3 is 101 Å². The molecular weight excluding hydrogens is 1250 g/mol. The van der Waals surface area contributed by atoms with Gasteiger partial charge in [-0.2, -0.15) is 0 Å². The van der Waals surface area contributed by atoms with Crippen LogP contribution in [0.1, 0.15) is 125 Å². The molecule has 11 amide bonds. The van der Waals surface area contributed by atoms with Crippen molar-refractivity contribution in [1.82, 2.24) is 53.2 Å². The van der Waals surface area contributed by atoms with Gasteiger partial charge in [0.2, 0.25) is 65.0 Å². The van der Waals surface area contributed by atoms with Crippen molar-refractivity contribution in [3.05, 3.63) is 59.7 Å². The van der Waals surface area contributed by atoms with Crippen molar-refractivity contribution in [2.24, 2.45) is 40.9 Å². The Morgan fingerprint density at radius 1 is 0.474 bits per heavy atom. The smallest absolute Gasteiger partial charge is 0.326 e. The van der Waals surface area contributed by atoms with E-state index in [1.54, 1.807) is 55.4 Å². The lowest BCUT2D eigenvalue weighted by Gasteiger charge is -2.29. The number of hydrogen-bond donors (Lipinski definition) is 19. The summed E-state index contributed by atoms with van der Waals surface area (Å²) in [5.74, 6) is -16.9. The maximum atomic E-state index is 14.1. The van der Waals surface area contributed by atoms with Crippen molar-refractivity contribution in [1.29, 1.82) is 0 Å². The topological polar surface area (TPSA) is 559 Å². The summed E-state index contributed by atoms with van der Waals surface area (Å²) in [4.78, 5) is 183. The number of aliphatic hydroxyl groups excluding tert-OH is 1. The number of primary amides is 1. The molecule has 0 saturated heterocycles. The summed E-state index contributed by atoms with van der Waals surface area (Å²) in [6.45, 7) is 12.2. The van der Waals surface area contributed by atoms with Crippen molar-refractivity contribution < 1.29 is 97.8 Å². The number of nitrogens with two attached hydrogens (primary N) is 3. The van der Waals surface area contributed by atoms with Gasteiger partial charge in [-0.05, 0) is 97.7 Å². The van der Waals surface area contributed by atoms with E-state index >= 15 is 0 Å². The first-order chi connectivity index (χ1) is 44.5. The van der Waals surface area contributed by atoms with E-state index in [1.807, 2.05) is 0 Å². The largest absolute Gasteiger partial charge is 0.508 e. The van der Waals surface area contributed by atoms with E-state index in [4.69, 9.17) is 27.1 Å². The highest BCUT2D eigenvalue weighted by Crippen LogP contribution is 2.16. The summed E-state index contributed by atoms with van der Waals surface area (Å²) in [6, 6.07) is -3.39. The molecule has 0 bridgehead atoms. The minimum Gasteiger partial charge on any atom is -0.508 e. The van der Waals surface area contributed by atoms with E-state index < -0.39 is 199 Å². The van der Waals surface area contributed by atoms with Crippen molar-refractivity contribution in [3.63, 3.8) is 0 Å². The summed E-state index contributed by atoms with van der Waals surface area (Å²) in [5.41, 5.74) is 18.1. The van der Waals surface area contributed by atoms with E-state index in [1.165, 1.54) is 48.5 Å². The fourth-order valence-corrected chi connectivity index (χ4v) is 9.03. The monoisotopic (exact) mass is 1340 g/mol. The molecule has 0 heterocycles. The number of carboxylic acid groups (broad SMARTS) is 3. The normalized spacial score (nSPS) is 14.8. The highest BCUT2D eigenvalue weighted by Gasteiger charge is 2.37. The second-order valence-corrected chi connectivity index (χ2v) is 23.6. The Morgan fingerprint density at radius 2 is 0.874 bits per heavy atom. The van der Waals surface area contributed by atoms with Crippen LogP contribution in [-0.2, 0) is 80.0 Å². The van der Waals surface area contributed by atoms with Gasteiger partial charge >= 0.3 is 11.9 Å². The van der Waals surface area contributed by atoms with Gasteiger partial charge in [-0.3, -0.25) is 62.3 Å². The second kappa shape index (κ2) is 42.7. The fraction of sp³-hybridized carbons (Fsp3) is 0.581. The summed E-state index contributed by atoms with van der Waals surface area (Å²) < 4.78 is 0. The number of phenols is 2. The lowest BCUT2D eigenvalue weighted by molar-refractivity contribution is -0.144. The molecule has 22 N–H and O–H groups in total. The van der Waals surface area contributed by atoms with Crippen LogP contribution in [0.25, 0.3) is 0 Å². The fourth-order valence-electron chi connectivity index (χ4n) is 9.03. The van der Waals surface area contributed by atoms with Gasteiger partial charge in [-0.15, -0.1) is 0 Å². The molecule has 0 aliphatic heterocycles. The van der Waals surface area contributed by atoms with Crippen LogP contribution < -0.4 is 70.4 Å². The maximum Gasteiger partial charge on any atom is 0.326 e. The van der Waals surface area contributed by atoms with Crippen LogP contribution in [0.3, 0.4) is 0 Å². The standard InChI is InChI=1S/C60H93N13O18.C2H4O2/c1-9-32(7)49(59(89)66-40(22-23-46(79)80)53(83)69-43(29-74)56(86)72-47(30(3)4)57(87)65-39(13-11-12-24-61)54(84)73-50(60(90)91)33(8)10-2)70-45(78)28-64-52(82)41(26-35-16-20-37(76)21-17-35)68-58(88)48(31(5)6)71-55(85)42(27-44(63)77)67-51(81)38(62)25-34-14-18-36(75)19-15-34;1-2(3)4/h14-21,30-33,38-43,47-50,74-76H,9-13,22-29,61-62H2,1-8H3,(H2,63,77)(H,64,82)(H,65,87)(H,66,89)(H,67,81)(H,68,88)(H,69,83)(H,70,78)(H,71,85)(H,72,86)(H,73,84)(H,79,80)(H,90,91);1H3,(H,3,4)/t32-,33-,38-,39-,40-,41-,42-,43-,47-,48-,49-,50-;/m0./s1. The molecule has 2 aromatic rings. The lowest BCUT2D eigenvalue weighted by Crippen LogP contribution is -2.61. The van der Waals surface area contributed by atoms with E-state index in [2.05, 4.69) is 53.2 Å². The summed E-state index contributed by atoms with van der Waals surface area (Å²) in [5, 5.41) is 81.2. The van der Waals surface area contributed by atoms with Crippen LogP contribution >= 0.6 is 0 Å². The van der Waals surface area contributed by atoms with Crippen LogP contribution in [-0.4, -0.2) is 194 Å². The summed E-state index contributed by atoms with van der Waals surface area (Å²) in [6.07, 6.45) is -0.773. The number of aliphatic carboxylic acids is 3. The van der Waals surface area contributed by atoms with Gasteiger partial charge in [-0.25, -0.2) is 4.79 Å². The van der Waals surface area contributed by atoms with Gasteiger partial charge in [0.25, 0.3) is 5.97 Å². The molecule has 530 valence electrons. The molecule has 0 unspecified atom stereocenters. The van der Waals surface area contributed by atoms with Gasteiger partial charge in [-0.1, -0.05) is 92.5 Å². The zero-order valence-electron chi connectivity index (χ0n) is 55.0. The minimum absolute atomic E-state index is 0.0239. The average molecular weight is 1340 g/mol. The third kappa shape index (κ3) is 31.3. The Labute approximate surface area is 550 Å². The minimum atomic E-state index is -1.82. The first-order valence-corrected chi connectivity index (χ1v) is 31.0. The third-order valence-corrected chi connectivity index (χ3v) is 15.0. The van der Waals surface area contributed by atoms with E-state index in [-0.39, 0.29) is 43.7 Å². The number of rotatable bonds is 41. The number of hydrogen-bond acceptors (Lipinski definition) is 19. The predicted molar refractivity (Wildman–Crippen MR) is 342 cm³/mol. The Hall–Kier alpha value is -9.50. The number of aromatic hydroxyl groups is 2. The first kappa shape index (κ1) is 83.5. The molecule has 0 aliphatic carbocycles. The van der Waals surface area contributed by atoms with Crippen molar-refractivity contribution in [2.45, 2.75) is 187 Å². The highest BCUT2D eigenvalue weighted by atomic mass is 16.4. The number of carboxylic acids is 3. The zero-order valence-corrected chi connectivity index (χ0v) is 55.0. The summed E-state index contributed by atoms with van der Waals surface area (Å²) in [7, 11) is 0. The summed E-state index contributed by atoms with van der Waals surface area (Å²) >= 11 is 0. The quantitative estimate of drug-likeness (QED) is 0.0298. The molecular formula is C62H97N13O20. The van der Waals surface area contributed by atoms with Gasteiger partial charge in [0, 0.05) is 19.8 Å². The Balaban J connectivity index is 0.0000109. The molecule has 33 heteroatoms. The molecule has 0 radical (unpaired) electrons. The van der Waals surface area contributed by atoms with Crippen molar-refractivity contribution in [3.8, 4) is 11.5 Å². The molecule has 12 atom stereocenters. The molecule has 0 aliphatic rings. The van der Waals surface area contributed by atoms with Crippen LogP contribution in [0.15, 0.2) is 48.5 Å². The van der Waals surface area contributed by atoms with E-state index in [9.17, 15) is 87.9 Å². The van der Waals surface area contributed by atoms with E-state index in [0.29, 0.717) is 30.4 Å². The Morgan fingerprint density at radius 3 is 1.32 bits per heavy atom. The predicted octanol–water partition coefficient (Wildman–Crippen LogP) is -2.87. The molecule has 0 spiro atoms. The first-order valence-electron chi connectivity index (χ1n) is 31.0. The van der Waals surface area contributed by atoms with Gasteiger partial charge in [0.05, 0.1) is 25.6 Å². The Kier molecular flexibility index (Phi) is 37.5. The average Bonchev–Trinajstić information content (AvgIpc) is 1.04. The Bertz CT molecular complexity index is 2910. The van der Waals surface area contributed by atoms with Crippen LogP contribution in [0.5, 0.6) is 11.5 Å². The van der Waals surface area contributed by atoms with Crippen LogP contribution in [0.4, 0.5) is 0 Å². The molecule has 33 nitrogen and oxygen atoms in total. The molecule has 2 rings (SSSR count). The zero-order chi connectivity index (χ0) is 72.4. The number of amides is 11. The van der Waals surface area contributed by atoms with Crippen LogP contribution in [0.2, 0.25) is 0 Å². The lowest BCUT2D eigenvalue weighted by atomic mass is 9.97. The highest BCUT2D eigenvalue weighted by molar-refractivity contribution is 5.99. The molecule has 2 aromatic carbocycles. The van der Waals surface area contributed by atoms with Gasteiger partial charge in [0.1, 0.15) is 65.9 Å². The number of aliphatic hydroxyl groups is 1. The molecule has 0 saturated carbocycles. The maximum absolute atomic E-state index is 14.1. The SMILES string of the molecule is CC(=O)O.CC[C@H](C)[C@H](NC(=O)[C@H](CCCCN)NC(=O)[C@@H](NC(=O)[C@H](CO)NC(=O)[C@H](CCC(=O)O)NC(=O)[C@@H](NC(=O)CNC(=O)[C@H](Cc1ccc(O)cc1)NC(=O)[C@@H](NC(=O)[C@H](CC(N)=O)NC(=O)[C@@H](N)Cc1ccc(O)cc1)C(C)C)[C@@H](C)CC)C(C)C)C(=O)O. The van der Waals surface area contributed by atoms with Crippen molar-refractivity contribution >= 4 is 82.9 Å². The van der Waals surface area contributed by atoms with Crippen LogP contribution in [0, 0.1) is 23.7 Å². The number of benzene rings is 2. The number of nitrogens with one attached hydrogen (secondary N) is 10. The van der Waals surface area contributed by atoms with Crippen molar-refractivity contribution in [2.75, 3.05) is 19.7 Å². The number of phenolic OH excluding ortho intramolecular Hbond substituents is 2. The number of carbonyl (C=O) groups is 14. The molecule has 0 fully saturated rings. The number of unbranched alkanes of at least 4 members (excludes halogenated alkanes) is 1. The van der Waals surface area contributed by atoms with E-state index in [0.717, 1.165) is 6.92 Å². The number of carbonyl (C=O) groups excluding carboxylic acids is 11. The second-order valence-electron chi connectivity index (χ2n) is 23.6. The molecule has 0 aromatic heterocycles. The third-order valence-electron chi connectivity index (χ3n) is 15.0.